The van der Waals surface area contributed by atoms with Crippen LogP contribution in [0, 0.1) is 11.8 Å². The number of ether oxygens (including phenoxy) is 2. The molecule has 1 aliphatic heterocycles. The van der Waals surface area contributed by atoms with E-state index in [9.17, 15) is 19.2 Å². The maximum Gasteiger partial charge on any atom is 0.313 e. The van der Waals surface area contributed by atoms with Crippen molar-refractivity contribution in [1.82, 2.24) is 0 Å². The molecule has 0 bridgehead atoms. The number of hydrogen-bond acceptors (Lipinski definition) is 6. The second-order valence-electron chi connectivity index (χ2n) is 4.84. The number of aliphatic carboxylic acids is 1. The molecule has 0 radical (unpaired) electrons. The SMILES string of the molecule is CC1CC(=O)OC(=O)C1.COC(=O)CC(C)CC(=O)O. The summed E-state index contributed by atoms with van der Waals surface area (Å²) in [5.74, 6) is -2.02. The van der Waals surface area contributed by atoms with Gasteiger partial charge in [-0.2, -0.15) is 0 Å². The van der Waals surface area contributed by atoms with E-state index in [1.165, 1.54) is 7.11 Å². The van der Waals surface area contributed by atoms with E-state index in [1.807, 2.05) is 6.92 Å². The summed E-state index contributed by atoms with van der Waals surface area (Å²) < 4.78 is 8.65. The molecule has 0 aliphatic carbocycles. The average Bonchev–Trinajstić information content (AvgIpc) is 2.26. The Labute approximate surface area is 117 Å². The minimum atomic E-state index is -0.888. The van der Waals surface area contributed by atoms with E-state index in [1.54, 1.807) is 6.92 Å². The Hall–Kier alpha value is -1.92. The molecule has 1 rings (SSSR count). The van der Waals surface area contributed by atoms with Crippen LogP contribution in [0.25, 0.3) is 0 Å². The summed E-state index contributed by atoms with van der Waals surface area (Å²) in [4.78, 5) is 41.6. The van der Waals surface area contributed by atoms with Gasteiger partial charge in [-0.3, -0.25) is 19.2 Å². The summed E-state index contributed by atoms with van der Waals surface area (Å²) >= 11 is 0. The van der Waals surface area contributed by atoms with Crippen molar-refractivity contribution in [3.8, 4) is 0 Å². The van der Waals surface area contributed by atoms with Crippen molar-refractivity contribution in [2.75, 3.05) is 7.11 Å². The maximum absolute atomic E-state index is 10.6. The third kappa shape index (κ3) is 9.07. The Morgan fingerprint density at radius 3 is 2.15 bits per heavy atom. The summed E-state index contributed by atoms with van der Waals surface area (Å²) in [6.45, 7) is 3.56. The normalized spacial score (nSPS) is 16.6. The second-order valence-corrected chi connectivity index (χ2v) is 4.84. The Morgan fingerprint density at radius 2 is 1.80 bits per heavy atom. The predicted octanol–water partition coefficient (Wildman–Crippen LogP) is 1.15. The van der Waals surface area contributed by atoms with Crippen molar-refractivity contribution >= 4 is 23.9 Å². The van der Waals surface area contributed by atoms with Crippen LogP contribution in [0.3, 0.4) is 0 Å². The predicted molar refractivity (Wildman–Crippen MR) is 67.5 cm³/mol. The molecule has 0 aromatic rings. The highest BCUT2D eigenvalue weighted by molar-refractivity contribution is 5.88. The van der Waals surface area contributed by atoms with Gasteiger partial charge >= 0.3 is 23.9 Å². The monoisotopic (exact) mass is 288 g/mol. The van der Waals surface area contributed by atoms with Gasteiger partial charge in [-0.1, -0.05) is 13.8 Å². The van der Waals surface area contributed by atoms with E-state index in [0.717, 1.165) is 0 Å². The first-order valence-electron chi connectivity index (χ1n) is 6.26. The van der Waals surface area contributed by atoms with Crippen LogP contribution in [0.15, 0.2) is 0 Å². The molecule has 7 nitrogen and oxygen atoms in total. The van der Waals surface area contributed by atoms with E-state index in [-0.39, 0.29) is 30.6 Å². The lowest BCUT2D eigenvalue weighted by atomic mass is 10.0. The first-order valence-corrected chi connectivity index (χ1v) is 6.26. The molecule has 1 aliphatic rings. The van der Waals surface area contributed by atoms with Crippen molar-refractivity contribution in [3.05, 3.63) is 0 Å². The minimum absolute atomic E-state index is 0.00903. The summed E-state index contributed by atoms with van der Waals surface area (Å²) in [5.41, 5.74) is 0. The number of methoxy groups -OCH3 is 1. The van der Waals surface area contributed by atoms with Gasteiger partial charge in [0.1, 0.15) is 0 Å². The summed E-state index contributed by atoms with van der Waals surface area (Å²) in [6.07, 6.45) is 0.940. The molecule has 114 valence electrons. The Balaban J connectivity index is 0.000000367. The molecular formula is C13H20O7. The molecule has 1 fully saturated rings. The Morgan fingerprint density at radius 1 is 1.30 bits per heavy atom. The summed E-state index contributed by atoms with van der Waals surface area (Å²) in [7, 11) is 1.29. The quantitative estimate of drug-likeness (QED) is 0.610. The molecule has 7 heteroatoms. The van der Waals surface area contributed by atoms with Gasteiger partial charge in [0.05, 0.1) is 7.11 Å². The molecule has 0 aromatic heterocycles. The fourth-order valence-electron chi connectivity index (χ4n) is 1.59. The molecule has 1 unspecified atom stereocenters. The number of carbonyl (C=O) groups excluding carboxylic acids is 3. The van der Waals surface area contributed by atoms with Gasteiger partial charge in [0.15, 0.2) is 0 Å². The van der Waals surface area contributed by atoms with Crippen LogP contribution in [-0.4, -0.2) is 36.1 Å². The van der Waals surface area contributed by atoms with Crippen LogP contribution < -0.4 is 0 Å². The zero-order chi connectivity index (χ0) is 15.7. The zero-order valence-electron chi connectivity index (χ0n) is 11.9. The number of cyclic esters (lactones) is 2. The molecule has 0 aromatic carbocycles. The van der Waals surface area contributed by atoms with Crippen molar-refractivity contribution < 1.29 is 33.8 Å². The Bertz CT molecular complexity index is 359. The van der Waals surface area contributed by atoms with Gasteiger partial charge in [0.2, 0.25) is 0 Å². The fourth-order valence-corrected chi connectivity index (χ4v) is 1.59. The van der Waals surface area contributed by atoms with Gasteiger partial charge in [0.25, 0.3) is 0 Å². The number of carboxylic acid groups (broad SMARTS) is 1. The smallest absolute Gasteiger partial charge is 0.313 e. The van der Waals surface area contributed by atoms with Crippen LogP contribution in [0.5, 0.6) is 0 Å². The number of carbonyl (C=O) groups is 4. The van der Waals surface area contributed by atoms with Crippen molar-refractivity contribution in [2.24, 2.45) is 11.8 Å². The molecule has 20 heavy (non-hydrogen) atoms. The van der Waals surface area contributed by atoms with E-state index in [0.29, 0.717) is 12.8 Å². The third-order valence-corrected chi connectivity index (χ3v) is 2.52. The third-order valence-electron chi connectivity index (χ3n) is 2.52. The molecule has 1 atom stereocenters. The van der Waals surface area contributed by atoms with Gasteiger partial charge < -0.3 is 14.6 Å². The van der Waals surface area contributed by atoms with Crippen molar-refractivity contribution in [1.29, 1.82) is 0 Å². The molecule has 0 amide bonds. The first kappa shape index (κ1) is 18.1. The lowest BCUT2D eigenvalue weighted by molar-refractivity contribution is -0.165. The molecular weight excluding hydrogens is 268 g/mol. The van der Waals surface area contributed by atoms with Crippen LogP contribution in [0.2, 0.25) is 0 Å². The zero-order valence-corrected chi connectivity index (χ0v) is 11.9. The van der Waals surface area contributed by atoms with Gasteiger partial charge in [-0.05, 0) is 11.8 Å². The number of hydrogen-bond donors (Lipinski definition) is 1. The van der Waals surface area contributed by atoms with E-state index in [2.05, 4.69) is 9.47 Å². The van der Waals surface area contributed by atoms with E-state index in [4.69, 9.17) is 5.11 Å². The van der Waals surface area contributed by atoms with Crippen LogP contribution in [-0.2, 0) is 28.7 Å². The molecule has 1 heterocycles. The number of carboxylic acids is 1. The van der Waals surface area contributed by atoms with Crippen LogP contribution >= 0.6 is 0 Å². The van der Waals surface area contributed by atoms with Crippen LogP contribution in [0.1, 0.15) is 39.5 Å². The Kier molecular flexibility index (Phi) is 8.19. The topological polar surface area (TPSA) is 107 Å². The van der Waals surface area contributed by atoms with Crippen LogP contribution in [0.4, 0.5) is 0 Å². The highest BCUT2D eigenvalue weighted by Crippen LogP contribution is 2.14. The summed E-state index contributed by atoms with van der Waals surface area (Å²) in [5, 5.41) is 8.32. The highest BCUT2D eigenvalue weighted by Gasteiger charge is 2.23. The average molecular weight is 288 g/mol. The largest absolute Gasteiger partial charge is 0.481 e. The van der Waals surface area contributed by atoms with E-state index < -0.39 is 17.9 Å². The molecule has 0 saturated carbocycles. The standard InChI is InChI=1S/C7H12O4.C6H8O3/c1-5(3-6(8)9)4-7(10)11-2;1-4-2-5(7)9-6(8)3-4/h5H,3-4H2,1-2H3,(H,8,9);4H,2-3H2,1H3. The second kappa shape index (κ2) is 9.06. The molecule has 1 N–H and O–H groups in total. The van der Waals surface area contributed by atoms with Crippen molar-refractivity contribution in [3.63, 3.8) is 0 Å². The van der Waals surface area contributed by atoms with E-state index >= 15 is 0 Å². The molecule has 1 saturated heterocycles. The first-order chi connectivity index (χ1) is 9.24. The van der Waals surface area contributed by atoms with Crippen molar-refractivity contribution in [2.45, 2.75) is 39.5 Å². The lowest BCUT2D eigenvalue weighted by Crippen LogP contribution is -2.23. The van der Waals surface area contributed by atoms with Gasteiger partial charge in [-0.25, -0.2) is 0 Å². The highest BCUT2D eigenvalue weighted by atomic mass is 16.6. The maximum atomic E-state index is 10.6. The van der Waals surface area contributed by atoms with Gasteiger partial charge in [-0.15, -0.1) is 0 Å². The molecule has 0 spiro atoms. The minimum Gasteiger partial charge on any atom is -0.481 e. The number of rotatable bonds is 4. The van der Waals surface area contributed by atoms with Gasteiger partial charge in [0, 0.05) is 25.7 Å². The number of esters is 3. The fraction of sp³-hybridized carbons (Fsp3) is 0.692. The summed E-state index contributed by atoms with van der Waals surface area (Å²) in [6, 6.07) is 0. The lowest BCUT2D eigenvalue weighted by Gasteiger charge is -2.14.